The van der Waals surface area contributed by atoms with Gasteiger partial charge in [0, 0.05) is 12.0 Å². The number of aromatic nitrogens is 1. The van der Waals surface area contributed by atoms with Gasteiger partial charge < -0.3 is 0 Å². The van der Waals surface area contributed by atoms with Gasteiger partial charge in [-0.15, -0.1) is 0 Å². The molecule has 3 heteroatoms. The van der Waals surface area contributed by atoms with Crippen molar-refractivity contribution in [1.29, 1.82) is 0 Å². The van der Waals surface area contributed by atoms with E-state index in [9.17, 15) is 4.79 Å². The highest BCUT2D eigenvalue weighted by atomic mass is 35.5. The lowest BCUT2D eigenvalue weighted by molar-refractivity contribution is 0.0982. The van der Waals surface area contributed by atoms with E-state index in [1.807, 2.05) is 0 Å². The van der Waals surface area contributed by atoms with E-state index in [4.69, 9.17) is 11.6 Å². The molecular formula is C10H10ClNO. The number of pyridine rings is 1. The maximum absolute atomic E-state index is 11.5. The fourth-order valence-electron chi connectivity index (χ4n) is 1.63. The quantitative estimate of drug-likeness (QED) is 0.471. The highest BCUT2D eigenvalue weighted by molar-refractivity contribution is 6.29. The predicted molar refractivity (Wildman–Crippen MR) is 51.1 cm³/mol. The van der Waals surface area contributed by atoms with Crippen LogP contribution >= 0.6 is 11.6 Å². The van der Waals surface area contributed by atoms with Crippen LogP contribution in [0.2, 0.25) is 5.15 Å². The molecule has 0 aromatic carbocycles. The zero-order valence-corrected chi connectivity index (χ0v) is 7.97. The first kappa shape index (κ1) is 8.70. The highest BCUT2D eigenvalue weighted by Crippen LogP contribution is 2.20. The Morgan fingerprint density at radius 1 is 1.23 bits per heavy atom. The average Bonchev–Trinajstić information content (AvgIpc) is 2.28. The lowest BCUT2D eigenvalue weighted by Crippen LogP contribution is -2.01. The molecule has 2 nitrogen and oxygen atoms in total. The van der Waals surface area contributed by atoms with Crippen LogP contribution in [-0.4, -0.2) is 10.8 Å². The van der Waals surface area contributed by atoms with Crippen molar-refractivity contribution in [3.05, 3.63) is 28.5 Å². The topological polar surface area (TPSA) is 30.0 Å². The molecule has 0 N–H and O–H groups in total. The molecule has 13 heavy (non-hydrogen) atoms. The zero-order valence-electron chi connectivity index (χ0n) is 7.22. The van der Waals surface area contributed by atoms with Crippen LogP contribution in [0.4, 0.5) is 0 Å². The summed E-state index contributed by atoms with van der Waals surface area (Å²) < 4.78 is 0. The number of rotatable bonds is 0. The van der Waals surface area contributed by atoms with Gasteiger partial charge in [-0.3, -0.25) is 4.79 Å². The summed E-state index contributed by atoms with van der Waals surface area (Å²) >= 11 is 5.76. The summed E-state index contributed by atoms with van der Waals surface area (Å²) in [5.41, 5.74) is 1.64. The van der Waals surface area contributed by atoms with Crippen molar-refractivity contribution in [2.45, 2.75) is 25.7 Å². The zero-order chi connectivity index (χ0) is 9.26. The highest BCUT2D eigenvalue weighted by Gasteiger charge is 2.16. The van der Waals surface area contributed by atoms with Crippen LogP contribution in [0.1, 0.15) is 35.3 Å². The van der Waals surface area contributed by atoms with Crippen LogP contribution in [0.3, 0.4) is 0 Å². The molecule has 68 valence electrons. The van der Waals surface area contributed by atoms with E-state index in [-0.39, 0.29) is 5.78 Å². The Kier molecular flexibility index (Phi) is 2.32. The minimum atomic E-state index is 0.205. The molecule has 0 saturated carbocycles. The van der Waals surface area contributed by atoms with Crippen molar-refractivity contribution in [2.75, 3.05) is 0 Å². The third kappa shape index (κ3) is 1.73. The normalized spacial score (nSPS) is 16.5. The van der Waals surface area contributed by atoms with Gasteiger partial charge in [0.2, 0.25) is 0 Å². The second kappa shape index (κ2) is 3.46. The number of Topliss-reactive ketones (excluding diaryl/α,β-unsaturated/α-hetero) is 1. The van der Waals surface area contributed by atoms with Crippen molar-refractivity contribution >= 4 is 17.4 Å². The summed E-state index contributed by atoms with van der Waals surface area (Å²) in [6, 6.07) is 3.47. The third-order valence-electron chi connectivity index (χ3n) is 2.31. The number of ketones is 1. The van der Waals surface area contributed by atoms with E-state index in [0.29, 0.717) is 11.6 Å². The lowest BCUT2D eigenvalue weighted by Gasteiger charge is -2.02. The Hall–Kier alpha value is -0.890. The molecule has 0 spiro atoms. The molecule has 1 aromatic rings. The molecule has 0 unspecified atom stereocenters. The van der Waals surface area contributed by atoms with Gasteiger partial charge in [0.1, 0.15) is 5.15 Å². The van der Waals surface area contributed by atoms with Gasteiger partial charge in [0.25, 0.3) is 0 Å². The predicted octanol–water partition coefficient (Wildman–Crippen LogP) is 2.64. The van der Waals surface area contributed by atoms with E-state index in [1.54, 1.807) is 12.1 Å². The number of aryl methyl sites for hydroxylation is 1. The number of carbonyl (C=O) groups excluding carboxylic acids is 1. The molecule has 1 aliphatic rings. The van der Waals surface area contributed by atoms with E-state index < -0.39 is 0 Å². The molecule has 0 aliphatic heterocycles. The van der Waals surface area contributed by atoms with Crippen LogP contribution < -0.4 is 0 Å². The van der Waals surface area contributed by atoms with E-state index >= 15 is 0 Å². The third-order valence-corrected chi connectivity index (χ3v) is 2.52. The molecule has 0 saturated heterocycles. The molecule has 1 aromatic heterocycles. The molecule has 0 radical (unpaired) electrons. The van der Waals surface area contributed by atoms with E-state index in [1.165, 1.54) is 0 Å². The summed E-state index contributed by atoms with van der Waals surface area (Å²) in [5.74, 6) is 0.205. The molecular weight excluding hydrogens is 186 g/mol. The maximum atomic E-state index is 11.5. The second-order valence-corrected chi connectivity index (χ2v) is 3.65. The van der Waals surface area contributed by atoms with Crippen LogP contribution in [-0.2, 0) is 6.42 Å². The minimum Gasteiger partial charge on any atom is -0.294 e. The van der Waals surface area contributed by atoms with Gasteiger partial charge in [-0.2, -0.15) is 0 Å². The van der Waals surface area contributed by atoms with Gasteiger partial charge in [-0.25, -0.2) is 4.98 Å². The van der Waals surface area contributed by atoms with Crippen molar-refractivity contribution < 1.29 is 4.79 Å². The molecule has 1 aliphatic carbocycles. The van der Waals surface area contributed by atoms with Gasteiger partial charge in [-0.05, 0) is 31.4 Å². The fourth-order valence-corrected chi connectivity index (χ4v) is 1.80. The Morgan fingerprint density at radius 3 is 2.85 bits per heavy atom. The average molecular weight is 196 g/mol. The van der Waals surface area contributed by atoms with Crippen LogP contribution in [0.25, 0.3) is 0 Å². The standard InChI is InChI=1S/C10H10ClNO/c11-10-6-5-7-8(12-10)3-1-2-4-9(7)13/h5-6H,1-4H2. The molecule has 0 bridgehead atoms. The Labute approximate surface area is 81.9 Å². The van der Waals surface area contributed by atoms with E-state index in [0.717, 1.165) is 30.5 Å². The number of hydrogen-bond donors (Lipinski definition) is 0. The maximum Gasteiger partial charge on any atom is 0.164 e. The summed E-state index contributed by atoms with van der Waals surface area (Å²) in [4.78, 5) is 15.7. The monoisotopic (exact) mass is 195 g/mol. The molecule has 0 amide bonds. The van der Waals surface area contributed by atoms with Crippen molar-refractivity contribution in [3.8, 4) is 0 Å². The van der Waals surface area contributed by atoms with Gasteiger partial charge in [0.15, 0.2) is 5.78 Å². The van der Waals surface area contributed by atoms with Crippen LogP contribution in [0, 0.1) is 0 Å². The lowest BCUT2D eigenvalue weighted by atomic mass is 10.1. The second-order valence-electron chi connectivity index (χ2n) is 3.26. The summed E-state index contributed by atoms with van der Waals surface area (Å²) in [6.07, 6.45) is 3.52. The molecule has 0 fully saturated rings. The molecule has 2 rings (SSSR count). The molecule has 1 heterocycles. The van der Waals surface area contributed by atoms with Crippen molar-refractivity contribution in [3.63, 3.8) is 0 Å². The first-order chi connectivity index (χ1) is 6.27. The van der Waals surface area contributed by atoms with Crippen molar-refractivity contribution in [2.24, 2.45) is 0 Å². The summed E-state index contributed by atoms with van der Waals surface area (Å²) in [6.45, 7) is 0. The van der Waals surface area contributed by atoms with E-state index in [2.05, 4.69) is 4.98 Å². The van der Waals surface area contributed by atoms with Crippen molar-refractivity contribution in [1.82, 2.24) is 4.98 Å². The Balaban J connectivity index is 2.48. The summed E-state index contributed by atoms with van der Waals surface area (Å²) in [5, 5.41) is 0.480. The minimum absolute atomic E-state index is 0.205. The van der Waals surface area contributed by atoms with Gasteiger partial charge in [-0.1, -0.05) is 11.6 Å². The number of halogens is 1. The largest absolute Gasteiger partial charge is 0.294 e. The molecule has 0 atom stereocenters. The number of nitrogens with zero attached hydrogens (tertiary/aromatic N) is 1. The number of carbonyl (C=O) groups is 1. The first-order valence-corrected chi connectivity index (χ1v) is 4.84. The summed E-state index contributed by atoms with van der Waals surface area (Å²) in [7, 11) is 0. The van der Waals surface area contributed by atoms with Crippen LogP contribution in [0.15, 0.2) is 12.1 Å². The smallest absolute Gasteiger partial charge is 0.164 e. The van der Waals surface area contributed by atoms with Crippen LogP contribution in [0.5, 0.6) is 0 Å². The first-order valence-electron chi connectivity index (χ1n) is 4.46. The fraction of sp³-hybridized carbons (Fsp3) is 0.400. The number of fused-ring (bicyclic) bond motifs is 1. The SMILES string of the molecule is O=C1CCCCc2nc(Cl)ccc21. The Bertz CT molecular complexity index is 349. The Morgan fingerprint density at radius 2 is 2.00 bits per heavy atom. The number of hydrogen-bond acceptors (Lipinski definition) is 2. The van der Waals surface area contributed by atoms with Gasteiger partial charge >= 0.3 is 0 Å². The van der Waals surface area contributed by atoms with Gasteiger partial charge in [0.05, 0.1) is 5.69 Å².